The van der Waals surface area contributed by atoms with Crippen LogP contribution in [0.25, 0.3) is 0 Å². The molecule has 0 saturated carbocycles. The van der Waals surface area contributed by atoms with Crippen LogP contribution < -0.4 is 0 Å². The van der Waals surface area contributed by atoms with Crippen molar-refractivity contribution >= 4 is 18.4 Å². The topological polar surface area (TPSA) is 29.5 Å². The van der Waals surface area contributed by atoms with E-state index in [1.54, 1.807) is 0 Å². The molecule has 0 spiro atoms. The highest BCUT2D eigenvalue weighted by Gasteiger charge is 2.44. The second kappa shape index (κ2) is 11.5. The Morgan fingerprint density at radius 3 is 2.17 bits per heavy atom. The first kappa shape index (κ1) is 22.9. The predicted molar refractivity (Wildman–Crippen MR) is 104 cm³/mol. The van der Waals surface area contributed by atoms with Crippen LogP contribution in [0.5, 0.6) is 0 Å². The van der Waals surface area contributed by atoms with Crippen molar-refractivity contribution < 1.29 is 9.53 Å². The quantitative estimate of drug-likeness (QED) is 0.570. The molecule has 2 atom stereocenters. The zero-order valence-corrected chi connectivity index (χ0v) is 16.7. The van der Waals surface area contributed by atoms with Gasteiger partial charge in [-0.05, 0) is 31.0 Å². The van der Waals surface area contributed by atoms with E-state index in [9.17, 15) is 4.79 Å². The summed E-state index contributed by atoms with van der Waals surface area (Å²) in [5.41, 5.74) is 0.531. The van der Waals surface area contributed by atoms with E-state index in [1.165, 1.54) is 0 Å². The summed E-state index contributed by atoms with van der Waals surface area (Å²) in [6, 6.07) is 10.1. The number of benzene rings is 1. The van der Waals surface area contributed by atoms with Crippen LogP contribution in [-0.4, -0.2) is 37.1 Å². The van der Waals surface area contributed by atoms with Gasteiger partial charge in [0.05, 0.1) is 5.41 Å². The lowest BCUT2D eigenvalue weighted by molar-refractivity contribution is -0.153. The highest BCUT2D eigenvalue weighted by molar-refractivity contribution is 5.85. The fraction of sp³-hybridized carbons (Fsp3) is 0.650. The lowest BCUT2D eigenvalue weighted by atomic mass is 9.68. The molecular weight excluding hydrogens is 322 g/mol. The number of rotatable bonds is 10. The van der Waals surface area contributed by atoms with Crippen molar-refractivity contribution in [2.45, 2.75) is 52.9 Å². The van der Waals surface area contributed by atoms with Crippen LogP contribution in [0.15, 0.2) is 30.3 Å². The molecule has 138 valence electrons. The normalized spacial score (nSPS) is 14.6. The molecule has 0 fully saturated rings. The largest absolute Gasteiger partial charge is 0.464 e. The van der Waals surface area contributed by atoms with Crippen LogP contribution in [0.2, 0.25) is 0 Å². The fourth-order valence-corrected chi connectivity index (χ4v) is 3.32. The molecule has 0 amide bonds. The van der Waals surface area contributed by atoms with Crippen molar-refractivity contribution in [1.82, 2.24) is 4.90 Å². The Hall–Kier alpha value is -1.06. The zero-order valence-electron chi connectivity index (χ0n) is 15.9. The molecule has 4 heteroatoms. The van der Waals surface area contributed by atoms with Crippen LogP contribution in [0.4, 0.5) is 0 Å². The average Bonchev–Trinajstić information content (AvgIpc) is 2.60. The fourth-order valence-electron chi connectivity index (χ4n) is 3.32. The zero-order chi connectivity index (χ0) is 17.3. The van der Waals surface area contributed by atoms with Crippen molar-refractivity contribution in [1.29, 1.82) is 0 Å². The molecule has 0 N–H and O–H groups in total. The second-order valence-corrected chi connectivity index (χ2v) is 6.16. The van der Waals surface area contributed by atoms with Crippen molar-refractivity contribution in [2.75, 3.05) is 26.2 Å². The molecule has 1 aromatic carbocycles. The van der Waals surface area contributed by atoms with Gasteiger partial charge in [-0.3, -0.25) is 4.79 Å². The summed E-state index contributed by atoms with van der Waals surface area (Å²) in [6.07, 6.45) is 1.71. The second-order valence-electron chi connectivity index (χ2n) is 6.16. The van der Waals surface area contributed by atoms with Crippen molar-refractivity contribution in [3.05, 3.63) is 35.9 Å². The maximum absolute atomic E-state index is 13.0. The summed E-state index contributed by atoms with van der Waals surface area (Å²) in [7, 11) is 0. The third kappa shape index (κ3) is 5.22. The molecule has 0 radical (unpaired) electrons. The first-order chi connectivity index (χ1) is 11.1. The molecule has 3 nitrogen and oxygen atoms in total. The predicted octanol–water partition coefficient (Wildman–Crippen LogP) is 4.69. The number of nitrogens with zero attached hydrogens (tertiary/aromatic N) is 1. The minimum atomic E-state index is -0.542. The van der Waals surface area contributed by atoms with Gasteiger partial charge in [0.25, 0.3) is 0 Å². The molecular formula is C20H34ClNO2. The van der Waals surface area contributed by atoms with E-state index in [-0.39, 0.29) is 24.3 Å². The number of ether oxygens (including phenoxy) is 1. The van der Waals surface area contributed by atoms with Crippen LogP contribution in [0.3, 0.4) is 0 Å². The van der Waals surface area contributed by atoms with Gasteiger partial charge in [0, 0.05) is 6.54 Å². The van der Waals surface area contributed by atoms with Gasteiger partial charge in [-0.15, -0.1) is 12.4 Å². The molecule has 0 aliphatic rings. The molecule has 2 unspecified atom stereocenters. The minimum Gasteiger partial charge on any atom is -0.464 e. The summed E-state index contributed by atoms with van der Waals surface area (Å²) < 4.78 is 5.73. The number of likely N-dealkylation sites (N-methyl/N-ethyl adjacent to an activating group) is 1. The molecule has 0 aliphatic carbocycles. The molecule has 0 bridgehead atoms. The Kier molecular flexibility index (Phi) is 11.0. The molecule has 0 aliphatic heterocycles. The molecule has 1 rings (SSSR count). The third-order valence-corrected chi connectivity index (χ3v) is 5.20. The summed E-state index contributed by atoms with van der Waals surface area (Å²) in [6.45, 7) is 13.9. The Morgan fingerprint density at radius 2 is 1.71 bits per heavy atom. The van der Waals surface area contributed by atoms with Crippen molar-refractivity contribution in [2.24, 2.45) is 5.92 Å². The molecule has 0 saturated heterocycles. The highest BCUT2D eigenvalue weighted by atomic mass is 35.5. The van der Waals surface area contributed by atoms with E-state index in [4.69, 9.17) is 4.74 Å². The van der Waals surface area contributed by atoms with Gasteiger partial charge in [0.2, 0.25) is 0 Å². The molecule has 0 aromatic heterocycles. The number of esters is 1. The summed E-state index contributed by atoms with van der Waals surface area (Å²) in [4.78, 5) is 15.3. The molecule has 24 heavy (non-hydrogen) atoms. The lowest BCUT2D eigenvalue weighted by Crippen LogP contribution is -2.43. The van der Waals surface area contributed by atoms with Crippen molar-refractivity contribution in [3.8, 4) is 0 Å². The Morgan fingerprint density at radius 1 is 1.12 bits per heavy atom. The summed E-state index contributed by atoms with van der Waals surface area (Å²) in [5, 5.41) is 0. The maximum Gasteiger partial charge on any atom is 0.316 e. The smallest absolute Gasteiger partial charge is 0.316 e. The molecule has 0 heterocycles. The number of carbonyl (C=O) groups is 1. The summed E-state index contributed by atoms with van der Waals surface area (Å²) in [5.74, 6) is 0.170. The van der Waals surface area contributed by atoms with E-state index in [1.807, 2.05) is 18.2 Å². The first-order valence-electron chi connectivity index (χ1n) is 9.01. The van der Waals surface area contributed by atoms with E-state index in [0.717, 1.165) is 38.0 Å². The number of hydrogen-bond donors (Lipinski definition) is 0. The van der Waals surface area contributed by atoms with Crippen molar-refractivity contribution in [3.63, 3.8) is 0 Å². The van der Waals surface area contributed by atoms with Gasteiger partial charge in [0.1, 0.15) is 6.61 Å². The highest BCUT2D eigenvalue weighted by Crippen LogP contribution is 2.38. The van der Waals surface area contributed by atoms with Crippen LogP contribution in [0.1, 0.15) is 53.0 Å². The maximum atomic E-state index is 13.0. The Bertz CT molecular complexity index is 462. The first-order valence-corrected chi connectivity index (χ1v) is 9.01. The Labute approximate surface area is 154 Å². The standard InChI is InChI=1S/C20H33NO2.ClH/c1-6-17(5)20(7-2,18-13-11-10-12-14-18)19(22)23-16-15-21(8-3)9-4;/h10-14,17H,6-9,15-16H2,1-5H3;1H. The van der Waals surface area contributed by atoms with Gasteiger partial charge in [0.15, 0.2) is 0 Å². The SMILES string of the molecule is CCC(C)C(CC)(C(=O)OCCN(CC)CC)c1ccccc1.Cl. The van der Waals surface area contributed by atoms with E-state index in [2.05, 4.69) is 51.7 Å². The third-order valence-electron chi connectivity index (χ3n) is 5.20. The lowest BCUT2D eigenvalue weighted by Gasteiger charge is -2.36. The van der Waals surface area contributed by atoms with E-state index < -0.39 is 5.41 Å². The molecule has 1 aromatic rings. The minimum absolute atomic E-state index is 0. The Balaban J connectivity index is 0.00000529. The van der Waals surface area contributed by atoms with Gasteiger partial charge in [-0.1, -0.05) is 71.4 Å². The average molecular weight is 356 g/mol. The van der Waals surface area contributed by atoms with Gasteiger partial charge in [-0.25, -0.2) is 0 Å². The number of carbonyl (C=O) groups excluding carboxylic acids is 1. The van der Waals surface area contributed by atoms with E-state index >= 15 is 0 Å². The van der Waals surface area contributed by atoms with Crippen LogP contribution >= 0.6 is 12.4 Å². The number of hydrogen-bond acceptors (Lipinski definition) is 3. The van der Waals surface area contributed by atoms with Gasteiger partial charge >= 0.3 is 5.97 Å². The van der Waals surface area contributed by atoms with Gasteiger partial charge < -0.3 is 9.64 Å². The monoisotopic (exact) mass is 355 g/mol. The van der Waals surface area contributed by atoms with Crippen LogP contribution in [-0.2, 0) is 14.9 Å². The van der Waals surface area contributed by atoms with Gasteiger partial charge in [-0.2, -0.15) is 0 Å². The summed E-state index contributed by atoms with van der Waals surface area (Å²) >= 11 is 0. The van der Waals surface area contributed by atoms with E-state index in [0.29, 0.717) is 6.61 Å². The number of halogens is 1. The van der Waals surface area contributed by atoms with Crippen LogP contribution in [0, 0.1) is 5.92 Å².